The summed E-state index contributed by atoms with van der Waals surface area (Å²) in [5, 5.41) is 12.0. The number of nitrogens with one attached hydrogen (secondary N) is 1. The normalized spacial score (nSPS) is 21.1. The lowest BCUT2D eigenvalue weighted by Crippen LogP contribution is -2.36. The molecule has 1 aromatic heterocycles. The van der Waals surface area contributed by atoms with Crippen molar-refractivity contribution in [1.29, 1.82) is 5.26 Å². The van der Waals surface area contributed by atoms with E-state index >= 15 is 0 Å². The summed E-state index contributed by atoms with van der Waals surface area (Å²) in [6, 6.07) is 6.05. The van der Waals surface area contributed by atoms with Gasteiger partial charge in [0.2, 0.25) is 0 Å². The Morgan fingerprint density at radius 1 is 1.67 bits per heavy atom. The molecule has 0 bridgehead atoms. The van der Waals surface area contributed by atoms with Crippen LogP contribution < -0.4 is 5.32 Å². The first kappa shape index (κ1) is 7.26. The third kappa shape index (κ3) is 1.06. The fraction of sp³-hybridized carbons (Fsp3) is 0.333. The molecule has 0 aromatic carbocycles. The number of hydrogen-bond acceptors (Lipinski definition) is 3. The van der Waals surface area contributed by atoms with E-state index in [1.165, 1.54) is 0 Å². The third-order valence-electron chi connectivity index (χ3n) is 2.11. The molecule has 1 unspecified atom stereocenters. The number of nitrogens with zero attached hydrogens (tertiary/aromatic N) is 2. The molecule has 2 heterocycles. The highest BCUT2D eigenvalue weighted by Gasteiger charge is 2.22. The van der Waals surface area contributed by atoms with Gasteiger partial charge in [-0.05, 0) is 25.1 Å². The lowest BCUT2D eigenvalue weighted by Gasteiger charge is -2.27. The molecule has 3 heteroatoms. The summed E-state index contributed by atoms with van der Waals surface area (Å²) in [7, 11) is 0. The number of rotatable bonds is 1. The zero-order valence-corrected chi connectivity index (χ0v) is 6.62. The minimum absolute atomic E-state index is 0.306. The van der Waals surface area contributed by atoms with Crippen molar-refractivity contribution in [2.24, 2.45) is 0 Å². The van der Waals surface area contributed by atoms with Crippen LogP contribution in [-0.4, -0.2) is 11.5 Å². The maximum absolute atomic E-state index is 8.77. The Morgan fingerprint density at radius 3 is 3.08 bits per heavy atom. The fourth-order valence-electron chi connectivity index (χ4n) is 1.31. The molecular formula is C9H9N3. The highest BCUT2D eigenvalue weighted by molar-refractivity contribution is 5.35. The van der Waals surface area contributed by atoms with E-state index in [1.807, 2.05) is 6.07 Å². The summed E-state index contributed by atoms with van der Waals surface area (Å²) in [4.78, 5) is 4.19. The van der Waals surface area contributed by atoms with Gasteiger partial charge in [0.15, 0.2) is 0 Å². The molecule has 1 atom stereocenters. The van der Waals surface area contributed by atoms with Crippen LogP contribution in [0.15, 0.2) is 18.3 Å². The van der Waals surface area contributed by atoms with Crippen LogP contribution in [0.25, 0.3) is 0 Å². The lowest BCUT2D eigenvalue weighted by molar-refractivity contribution is 0.374. The van der Waals surface area contributed by atoms with Gasteiger partial charge >= 0.3 is 0 Å². The Bertz CT molecular complexity index is 323. The van der Waals surface area contributed by atoms with Crippen molar-refractivity contribution in [3.63, 3.8) is 0 Å². The van der Waals surface area contributed by atoms with Crippen LogP contribution in [0.3, 0.4) is 0 Å². The quantitative estimate of drug-likeness (QED) is 0.664. The molecule has 0 spiro atoms. The van der Waals surface area contributed by atoms with E-state index in [4.69, 9.17) is 5.26 Å². The summed E-state index contributed by atoms with van der Waals surface area (Å²) in [6.07, 6.45) is 2.82. The fourth-order valence-corrected chi connectivity index (χ4v) is 1.31. The topological polar surface area (TPSA) is 48.7 Å². The SMILES string of the molecule is N#Cc1cccnc1C1CCN1. The molecule has 0 aliphatic carbocycles. The van der Waals surface area contributed by atoms with Crippen LogP contribution in [-0.2, 0) is 0 Å². The van der Waals surface area contributed by atoms with E-state index in [0.717, 1.165) is 18.7 Å². The van der Waals surface area contributed by atoms with Crippen molar-refractivity contribution in [3.05, 3.63) is 29.6 Å². The van der Waals surface area contributed by atoms with E-state index in [-0.39, 0.29) is 0 Å². The van der Waals surface area contributed by atoms with Crippen molar-refractivity contribution in [2.45, 2.75) is 12.5 Å². The van der Waals surface area contributed by atoms with Crippen molar-refractivity contribution in [3.8, 4) is 6.07 Å². The second-order valence-electron chi connectivity index (χ2n) is 2.84. The summed E-state index contributed by atoms with van der Waals surface area (Å²) >= 11 is 0. The van der Waals surface area contributed by atoms with Gasteiger partial charge in [0.05, 0.1) is 17.3 Å². The summed E-state index contributed by atoms with van der Waals surface area (Å²) in [6.45, 7) is 1.03. The largest absolute Gasteiger partial charge is 0.308 e. The molecule has 2 rings (SSSR count). The second-order valence-corrected chi connectivity index (χ2v) is 2.84. The average molecular weight is 159 g/mol. The number of nitriles is 1. The Balaban J connectivity index is 2.35. The summed E-state index contributed by atoms with van der Waals surface area (Å²) < 4.78 is 0. The van der Waals surface area contributed by atoms with Crippen LogP contribution in [0.4, 0.5) is 0 Å². The molecule has 3 nitrogen and oxygen atoms in total. The zero-order valence-electron chi connectivity index (χ0n) is 6.62. The molecule has 1 aliphatic heterocycles. The maximum Gasteiger partial charge on any atom is 0.101 e. The van der Waals surface area contributed by atoms with Crippen LogP contribution >= 0.6 is 0 Å². The van der Waals surface area contributed by atoms with E-state index in [1.54, 1.807) is 12.3 Å². The van der Waals surface area contributed by atoms with Gasteiger partial charge in [-0.3, -0.25) is 4.98 Å². The molecule has 1 N–H and O–H groups in total. The standard InChI is InChI=1S/C9H9N3/c10-6-7-2-1-4-12-9(7)8-3-5-11-8/h1-2,4,8,11H,3,5H2. The summed E-state index contributed by atoms with van der Waals surface area (Å²) in [5.74, 6) is 0. The predicted molar refractivity (Wildman–Crippen MR) is 44.3 cm³/mol. The molecular weight excluding hydrogens is 150 g/mol. The van der Waals surface area contributed by atoms with Crippen molar-refractivity contribution < 1.29 is 0 Å². The van der Waals surface area contributed by atoms with Crippen molar-refractivity contribution >= 4 is 0 Å². The Kier molecular flexibility index (Phi) is 1.77. The number of aromatic nitrogens is 1. The van der Waals surface area contributed by atoms with Gasteiger partial charge in [0.25, 0.3) is 0 Å². The molecule has 60 valence electrons. The molecule has 1 aromatic rings. The second kappa shape index (κ2) is 2.92. The highest BCUT2D eigenvalue weighted by atomic mass is 15.0. The van der Waals surface area contributed by atoms with Crippen molar-refractivity contribution in [2.75, 3.05) is 6.54 Å². The zero-order chi connectivity index (χ0) is 8.39. The lowest BCUT2D eigenvalue weighted by atomic mass is 9.99. The minimum Gasteiger partial charge on any atom is -0.308 e. The average Bonchev–Trinajstić information content (AvgIpc) is 2.02. The predicted octanol–water partition coefficient (Wildman–Crippen LogP) is 0.988. The third-order valence-corrected chi connectivity index (χ3v) is 2.11. The van der Waals surface area contributed by atoms with E-state index < -0.39 is 0 Å². The molecule has 12 heavy (non-hydrogen) atoms. The first-order valence-electron chi connectivity index (χ1n) is 4.00. The Morgan fingerprint density at radius 2 is 2.50 bits per heavy atom. The van der Waals surface area contributed by atoms with Gasteiger partial charge in [0.1, 0.15) is 6.07 Å². The van der Waals surface area contributed by atoms with Crippen LogP contribution in [0.2, 0.25) is 0 Å². The highest BCUT2D eigenvalue weighted by Crippen LogP contribution is 2.22. The number of hydrogen-bond donors (Lipinski definition) is 1. The molecule has 1 aliphatic rings. The minimum atomic E-state index is 0.306. The van der Waals surface area contributed by atoms with E-state index in [9.17, 15) is 0 Å². The van der Waals surface area contributed by atoms with Crippen molar-refractivity contribution in [1.82, 2.24) is 10.3 Å². The molecule has 0 radical (unpaired) electrons. The summed E-state index contributed by atoms with van der Waals surface area (Å²) in [5.41, 5.74) is 1.58. The molecule has 1 fully saturated rings. The van der Waals surface area contributed by atoms with Gasteiger partial charge in [0, 0.05) is 6.20 Å². The van der Waals surface area contributed by atoms with Gasteiger partial charge < -0.3 is 5.32 Å². The first-order chi connectivity index (χ1) is 5.92. The monoisotopic (exact) mass is 159 g/mol. The Labute approximate surface area is 71.0 Å². The van der Waals surface area contributed by atoms with E-state index in [2.05, 4.69) is 16.4 Å². The van der Waals surface area contributed by atoms with Gasteiger partial charge in [-0.1, -0.05) is 0 Å². The van der Waals surface area contributed by atoms with Crippen LogP contribution in [0, 0.1) is 11.3 Å². The number of pyridine rings is 1. The first-order valence-corrected chi connectivity index (χ1v) is 4.00. The molecule has 0 amide bonds. The molecule has 1 saturated heterocycles. The van der Waals surface area contributed by atoms with Crippen LogP contribution in [0.1, 0.15) is 23.7 Å². The Hall–Kier alpha value is -1.40. The maximum atomic E-state index is 8.77. The van der Waals surface area contributed by atoms with Crippen LogP contribution in [0.5, 0.6) is 0 Å². The molecule has 0 saturated carbocycles. The van der Waals surface area contributed by atoms with Gasteiger partial charge in [-0.2, -0.15) is 5.26 Å². The van der Waals surface area contributed by atoms with Gasteiger partial charge in [-0.15, -0.1) is 0 Å². The van der Waals surface area contributed by atoms with E-state index in [0.29, 0.717) is 11.6 Å². The van der Waals surface area contributed by atoms with Gasteiger partial charge in [-0.25, -0.2) is 0 Å². The smallest absolute Gasteiger partial charge is 0.101 e.